The highest BCUT2D eigenvalue weighted by molar-refractivity contribution is 5.85. The molecule has 124 valence electrons. The molecule has 0 aliphatic carbocycles. The van der Waals surface area contributed by atoms with Crippen molar-refractivity contribution in [2.75, 3.05) is 26.3 Å². The summed E-state index contributed by atoms with van der Waals surface area (Å²) in [5.41, 5.74) is 5.88. The first-order chi connectivity index (χ1) is 10.2. The fraction of sp³-hybridized carbons (Fsp3) is 0.562. The van der Waals surface area contributed by atoms with Crippen LogP contribution in [-0.2, 0) is 4.79 Å². The molecule has 1 fully saturated rings. The van der Waals surface area contributed by atoms with Crippen LogP contribution >= 0.6 is 12.4 Å². The zero-order chi connectivity index (χ0) is 15.1. The number of amides is 1. The summed E-state index contributed by atoms with van der Waals surface area (Å²) in [5, 5.41) is 0. The van der Waals surface area contributed by atoms with E-state index in [2.05, 4.69) is 6.92 Å². The van der Waals surface area contributed by atoms with Crippen molar-refractivity contribution < 1.29 is 14.3 Å². The van der Waals surface area contributed by atoms with Crippen molar-refractivity contribution in [2.24, 2.45) is 5.73 Å². The minimum absolute atomic E-state index is 0. The van der Waals surface area contributed by atoms with E-state index >= 15 is 0 Å². The van der Waals surface area contributed by atoms with Gasteiger partial charge in [-0.3, -0.25) is 4.79 Å². The van der Waals surface area contributed by atoms with Gasteiger partial charge in [0.05, 0.1) is 6.61 Å². The molecule has 1 atom stereocenters. The topological polar surface area (TPSA) is 64.8 Å². The molecule has 2 N–H and O–H groups in total. The molecule has 1 unspecified atom stereocenters. The summed E-state index contributed by atoms with van der Waals surface area (Å²) in [6.45, 7) is 4.23. The number of likely N-dealkylation sites (tertiary alicyclic amines) is 1. The predicted molar refractivity (Wildman–Crippen MR) is 88.8 cm³/mol. The summed E-state index contributed by atoms with van der Waals surface area (Å²) in [7, 11) is 0. The number of carbonyl (C=O) groups excluding carboxylic acids is 1. The number of nitrogens with zero attached hydrogens (tertiary/aromatic N) is 1. The molecule has 5 nitrogen and oxygen atoms in total. The molecule has 0 radical (unpaired) electrons. The maximum absolute atomic E-state index is 12.0. The van der Waals surface area contributed by atoms with Gasteiger partial charge < -0.3 is 20.1 Å². The molecule has 1 aromatic rings. The maximum Gasteiger partial charge on any atom is 0.260 e. The Kier molecular flexibility index (Phi) is 8.06. The van der Waals surface area contributed by atoms with Gasteiger partial charge in [0.2, 0.25) is 0 Å². The lowest BCUT2D eigenvalue weighted by Gasteiger charge is -2.30. The highest BCUT2D eigenvalue weighted by Crippen LogP contribution is 2.18. The van der Waals surface area contributed by atoms with Gasteiger partial charge in [-0.15, -0.1) is 12.4 Å². The smallest absolute Gasteiger partial charge is 0.260 e. The van der Waals surface area contributed by atoms with Gasteiger partial charge in [0, 0.05) is 19.1 Å². The van der Waals surface area contributed by atoms with Gasteiger partial charge in [-0.05, 0) is 43.5 Å². The molecular formula is C16H25ClN2O3. The van der Waals surface area contributed by atoms with E-state index in [-0.39, 0.29) is 31.0 Å². The largest absolute Gasteiger partial charge is 0.494 e. The van der Waals surface area contributed by atoms with Gasteiger partial charge in [-0.25, -0.2) is 0 Å². The molecule has 22 heavy (non-hydrogen) atoms. The van der Waals surface area contributed by atoms with Gasteiger partial charge >= 0.3 is 0 Å². The fourth-order valence-electron chi connectivity index (χ4n) is 2.32. The van der Waals surface area contributed by atoms with E-state index in [4.69, 9.17) is 15.2 Å². The monoisotopic (exact) mass is 328 g/mol. The van der Waals surface area contributed by atoms with Gasteiger partial charge in [0.15, 0.2) is 6.61 Å². The Labute approximate surface area is 138 Å². The molecule has 1 heterocycles. The van der Waals surface area contributed by atoms with Crippen molar-refractivity contribution in [3.63, 3.8) is 0 Å². The minimum atomic E-state index is -0.00328. The van der Waals surface area contributed by atoms with Gasteiger partial charge in [-0.1, -0.05) is 6.92 Å². The first-order valence-electron chi connectivity index (χ1n) is 7.58. The van der Waals surface area contributed by atoms with Crippen molar-refractivity contribution in [1.29, 1.82) is 0 Å². The average molecular weight is 329 g/mol. The standard InChI is InChI=1S/C16H24N2O3.ClH/c1-2-10-20-14-5-7-15(8-6-14)21-12-16(19)18-9-3-4-13(17)11-18;/h5-8,13H,2-4,9-12,17H2,1H3;1H. The summed E-state index contributed by atoms with van der Waals surface area (Å²) in [5.74, 6) is 1.49. The number of halogens is 1. The quantitative estimate of drug-likeness (QED) is 0.869. The van der Waals surface area contributed by atoms with Crippen LogP contribution in [0.15, 0.2) is 24.3 Å². The number of hydrogen-bond acceptors (Lipinski definition) is 4. The van der Waals surface area contributed by atoms with Crippen molar-refractivity contribution in [3.05, 3.63) is 24.3 Å². The molecule has 0 spiro atoms. The molecule has 0 aromatic heterocycles. The number of nitrogens with two attached hydrogens (primary N) is 1. The second-order valence-electron chi connectivity index (χ2n) is 5.35. The van der Waals surface area contributed by atoms with Crippen molar-refractivity contribution in [3.8, 4) is 11.5 Å². The molecule has 1 amide bonds. The van der Waals surface area contributed by atoms with Crippen molar-refractivity contribution >= 4 is 18.3 Å². The molecule has 0 saturated carbocycles. The van der Waals surface area contributed by atoms with E-state index in [0.717, 1.165) is 31.6 Å². The van der Waals surface area contributed by atoms with E-state index in [9.17, 15) is 4.79 Å². The molecule has 1 aliphatic heterocycles. The van der Waals surface area contributed by atoms with Crippen LogP contribution in [0.25, 0.3) is 0 Å². The predicted octanol–water partition coefficient (Wildman–Crippen LogP) is 2.23. The summed E-state index contributed by atoms with van der Waals surface area (Å²) in [4.78, 5) is 13.8. The lowest BCUT2D eigenvalue weighted by molar-refractivity contribution is -0.134. The van der Waals surface area contributed by atoms with Gasteiger partial charge in [-0.2, -0.15) is 0 Å². The number of benzene rings is 1. The summed E-state index contributed by atoms with van der Waals surface area (Å²) < 4.78 is 11.0. The Morgan fingerprint density at radius 1 is 1.27 bits per heavy atom. The first-order valence-corrected chi connectivity index (χ1v) is 7.58. The number of rotatable bonds is 6. The van der Waals surface area contributed by atoms with Gasteiger partial charge in [0.1, 0.15) is 11.5 Å². The summed E-state index contributed by atoms with van der Waals surface area (Å²) in [6.07, 6.45) is 2.94. The zero-order valence-corrected chi connectivity index (χ0v) is 13.8. The molecule has 0 bridgehead atoms. The minimum Gasteiger partial charge on any atom is -0.494 e. The Hall–Kier alpha value is -1.46. The van der Waals surface area contributed by atoms with Crippen LogP contribution < -0.4 is 15.2 Å². The maximum atomic E-state index is 12.0. The number of hydrogen-bond donors (Lipinski definition) is 1. The third-order valence-electron chi connectivity index (χ3n) is 3.47. The third-order valence-corrected chi connectivity index (χ3v) is 3.47. The molecule has 6 heteroatoms. The summed E-state index contributed by atoms with van der Waals surface area (Å²) in [6, 6.07) is 7.44. The van der Waals surface area contributed by atoms with E-state index in [1.807, 2.05) is 24.3 Å². The second kappa shape index (κ2) is 9.54. The normalized spacial score (nSPS) is 17.5. The lowest BCUT2D eigenvalue weighted by Crippen LogP contribution is -2.47. The van der Waals surface area contributed by atoms with Crippen LogP contribution in [0.1, 0.15) is 26.2 Å². The lowest BCUT2D eigenvalue weighted by atomic mass is 10.1. The summed E-state index contributed by atoms with van der Waals surface area (Å²) >= 11 is 0. The Balaban J connectivity index is 0.00000242. The van der Waals surface area contributed by atoms with E-state index < -0.39 is 0 Å². The van der Waals surface area contributed by atoms with E-state index in [1.165, 1.54) is 0 Å². The van der Waals surface area contributed by atoms with Crippen LogP contribution in [-0.4, -0.2) is 43.2 Å². The van der Waals surface area contributed by atoms with Crippen LogP contribution in [0.5, 0.6) is 11.5 Å². The van der Waals surface area contributed by atoms with Crippen LogP contribution in [0, 0.1) is 0 Å². The first kappa shape index (κ1) is 18.6. The van der Waals surface area contributed by atoms with Gasteiger partial charge in [0.25, 0.3) is 5.91 Å². The number of carbonyl (C=O) groups is 1. The average Bonchev–Trinajstić information content (AvgIpc) is 2.51. The SMILES string of the molecule is CCCOc1ccc(OCC(=O)N2CCCC(N)C2)cc1.Cl. The zero-order valence-electron chi connectivity index (χ0n) is 13.0. The van der Waals surface area contributed by atoms with Crippen LogP contribution in [0.3, 0.4) is 0 Å². The Bertz CT molecular complexity index is 453. The second-order valence-corrected chi connectivity index (χ2v) is 5.35. The molecule has 1 aliphatic rings. The number of piperidine rings is 1. The number of ether oxygens (including phenoxy) is 2. The van der Waals surface area contributed by atoms with Crippen molar-refractivity contribution in [1.82, 2.24) is 4.90 Å². The highest BCUT2D eigenvalue weighted by atomic mass is 35.5. The molecule has 1 aromatic carbocycles. The molecule has 2 rings (SSSR count). The molecule has 1 saturated heterocycles. The Morgan fingerprint density at radius 2 is 1.91 bits per heavy atom. The third kappa shape index (κ3) is 5.73. The fourth-order valence-corrected chi connectivity index (χ4v) is 2.32. The van der Waals surface area contributed by atoms with Crippen LogP contribution in [0.4, 0.5) is 0 Å². The van der Waals surface area contributed by atoms with Crippen molar-refractivity contribution in [2.45, 2.75) is 32.2 Å². The van der Waals surface area contributed by atoms with E-state index in [0.29, 0.717) is 18.9 Å². The van der Waals surface area contributed by atoms with Crippen LogP contribution in [0.2, 0.25) is 0 Å². The highest BCUT2D eigenvalue weighted by Gasteiger charge is 2.21. The van der Waals surface area contributed by atoms with E-state index in [1.54, 1.807) is 4.90 Å². The molecular weight excluding hydrogens is 304 g/mol. The Morgan fingerprint density at radius 3 is 2.50 bits per heavy atom.